The summed E-state index contributed by atoms with van der Waals surface area (Å²) >= 11 is 0. The van der Waals surface area contributed by atoms with Crippen molar-refractivity contribution in [2.45, 2.75) is 37.3 Å². The van der Waals surface area contributed by atoms with Gasteiger partial charge in [0.2, 0.25) is 15.9 Å². The Morgan fingerprint density at radius 1 is 1.18 bits per heavy atom. The molecule has 5 N–H and O–H groups in total. The van der Waals surface area contributed by atoms with Crippen molar-refractivity contribution in [1.29, 1.82) is 0 Å². The zero-order valence-corrected chi connectivity index (χ0v) is 22.1. The number of fused-ring (bicyclic) bond motifs is 3. The van der Waals surface area contributed by atoms with Crippen LogP contribution in [0.5, 0.6) is 5.75 Å². The third-order valence-electron chi connectivity index (χ3n) is 8.03. The molecule has 0 saturated heterocycles. The van der Waals surface area contributed by atoms with Crippen molar-refractivity contribution in [3.8, 4) is 5.75 Å². The van der Waals surface area contributed by atoms with Crippen molar-refractivity contribution in [2.75, 3.05) is 26.9 Å². The SMILES string of the molecule is CN(C)C1C(=O)C(C(N)=O)C(=O)C2(O)C(=O)C3C(=O)c4c(O)ccc(CCCNS(C)(=O)=O)c4CC3CC12. The molecule has 3 aliphatic carbocycles. The molecule has 0 heterocycles. The number of nitrogens with two attached hydrogens (primary N) is 1. The monoisotopic (exact) mass is 549 g/mol. The van der Waals surface area contributed by atoms with Crippen LogP contribution in [-0.2, 0) is 42.0 Å². The summed E-state index contributed by atoms with van der Waals surface area (Å²) in [5.74, 6) is -10.9. The number of rotatable bonds is 7. The van der Waals surface area contributed by atoms with Crippen LogP contribution < -0.4 is 10.5 Å². The van der Waals surface area contributed by atoms with Crippen LogP contribution in [0.2, 0.25) is 0 Å². The van der Waals surface area contributed by atoms with Crippen LogP contribution in [0.4, 0.5) is 0 Å². The molecule has 13 heteroatoms. The number of phenols is 1. The number of carbonyl (C=O) groups is 5. The number of primary amides is 1. The lowest BCUT2D eigenvalue weighted by Crippen LogP contribution is -2.74. The molecule has 1 aromatic carbocycles. The molecule has 0 aromatic heterocycles. The van der Waals surface area contributed by atoms with Gasteiger partial charge in [0.15, 0.2) is 34.7 Å². The van der Waals surface area contributed by atoms with Gasteiger partial charge in [0, 0.05) is 12.5 Å². The zero-order valence-electron chi connectivity index (χ0n) is 21.3. The van der Waals surface area contributed by atoms with Crippen molar-refractivity contribution in [1.82, 2.24) is 9.62 Å². The first-order valence-electron chi connectivity index (χ1n) is 12.2. The van der Waals surface area contributed by atoms with Crippen LogP contribution in [0.3, 0.4) is 0 Å². The van der Waals surface area contributed by atoms with E-state index in [0.717, 1.165) is 6.26 Å². The molecule has 6 atom stereocenters. The van der Waals surface area contributed by atoms with E-state index < -0.39 is 74.4 Å². The maximum atomic E-state index is 13.8. The highest BCUT2D eigenvalue weighted by Crippen LogP contribution is 2.51. The number of nitrogens with one attached hydrogen (secondary N) is 1. The number of ketones is 4. The Labute approximate surface area is 219 Å². The Morgan fingerprint density at radius 2 is 1.84 bits per heavy atom. The molecular weight excluding hydrogens is 518 g/mol. The molecule has 38 heavy (non-hydrogen) atoms. The van der Waals surface area contributed by atoms with Crippen LogP contribution >= 0.6 is 0 Å². The van der Waals surface area contributed by atoms with E-state index in [1.165, 1.54) is 25.1 Å². The largest absolute Gasteiger partial charge is 0.507 e. The minimum absolute atomic E-state index is 0.0331. The first kappa shape index (κ1) is 28.0. The first-order valence-corrected chi connectivity index (χ1v) is 14.1. The van der Waals surface area contributed by atoms with Gasteiger partial charge in [-0.15, -0.1) is 0 Å². The van der Waals surface area contributed by atoms with Crippen LogP contribution in [0, 0.1) is 23.7 Å². The van der Waals surface area contributed by atoms with Gasteiger partial charge in [0.25, 0.3) is 0 Å². The predicted octanol–water partition coefficient (Wildman–Crippen LogP) is -1.65. The Bertz CT molecular complexity index is 1360. The maximum absolute atomic E-state index is 13.8. The molecule has 1 aromatic rings. The smallest absolute Gasteiger partial charge is 0.235 e. The van der Waals surface area contributed by atoms with Crippen molar-refractivity contribution >= 4 is 39.1 Å². The summed E-state index contributed by atoms with van der Waals surface area (Å²) in [5, 5.41) is 22.1. The highest BCUT2D eigenvalue weighted by Gasteiger charge is 2.69. The molecule has 0 radical (unpaired) electrons. The Balaban J connectivity index is 1.74. The predicted molar refractivity (Wildman–Crippen MR) is 133 cm³/mol. The third-order valence-corrected chi connectivity index (χ3v) is 8.76. The Kier molecular flexibility index (Phi) is 7.10. The van der Waals surface area contributed by atoms with Gasteiger partial charge >= 0.3 is 0 Å². The van der Waals surface area contributed by atoms with E-state index in [1.807, 2.05) is 0 Å². The fraction of sp³-hybridized carbons (Fsp3) is 0.560. The Morgan fingerprint density at radius 3 is 2.42 bits per heavy atom. The summed E-state index contributed by atoms with van der Waals surface area (Å²) in [4.78, 5) is 67.3. The first-order chi connectivity index (χ1) is 17.6. The standard InChI is InChI=1S/C25H31N3O9S/c1-28(2)19-14-10-12-9-13-11(5-4-8-27-38(3,36)37)6-7-15(29)17(13)20(30)16(12)22(32)25(14,35)23(33)18(21(19)31)24(26)34/h6-7,12,14,16,18-19,27,29,35H,4-5,8-10H2,1-3H3,(H2,26,34). The molecule has 0 spiro atoms. The topological polar surface area (TPSA) is 201 Å². The molecule has 6 unspecified atom stereocenters. The van der Waals surface area contributed by atoms with Gasteiger partial charge in [-0.1, -0.05) is 6.07 Å². The zero-order chi connectivity index (χ0) is 28.3. The molecule has 2 fully saturated rings. The number of nitrogens with zero attached hydrogens (tertiary/aromatic N) is 1. The second-order valence-corrected chi connectivity index (χ2v) is 12.5. The number of benzene rings is 1. The summed E-state index contributed by atoms with van der Waals surface area (Å²) in [6.07, 6.45) is 1.97. The number of hydrogen-bond donors (Lipinski definition) is 4. The highest BCUT2D eigenvalue weighted by molar-refractivity contribution is 7.88. The van der Waals surface area contributed by atoms with Gasteiger partial charge in [-0.25, -0.2) is 13.1 Å². The lowest BCUT2D eigenvalue weighted by atomic mass is 9.52. The number of hydrogen-bond acceptors (Lipinski definition) is 10. The van der Waals surface area contributed by atoms with Gasteiger partial charge in [-0.05, 0) is 62.9 Å². The van der Waals surface area contributed by atoms with Gasteiger partial charge in [-0.3, -0.25) is 28.9 Å². The summed E-state index contributed by atoms with van der Waals surface area (Å²) in [7, 11) is -0.328. The number of sulfonamides is 1. The van der Waals surface area contributed by atoms with E-state index in [9.17, 15) is 42.6 Å². The summed E-state index contributed by atoms with van der Waals surface area (Å²) in [6, 6.07) is 1.79. The fourth-order valence-corrected chi connectivity index (χ4v) is 6.95. The average molecular weight is 550 g/mol. The van der Waals surface area contributed by atoms with Crippen LogP contribution in [0.25, 0.3) is 0 Å². The number of aryl methyl sites for hydroxylation is 1. The maximum Gasteiger partial charge on any atom is 0.235 e. The molecule has 206 valence electrons. The van der Waals surface area contributed by atoms with Crippen molar-refractivity contribution in [3.05, 3.63) is 28.8 Å². The van der Waals surface area contributed by atoms with E-state index in [-0.39, 0.29) is 30.7 Å². The summed E-state index contributed by atoms with van der Waals surface area (Å²) in [5.41, 5.74) is 3.68. The fourth-order valence-electron chi connectivity index (χ4n) is 6.44. The number of Topliss-reactive ketones (excluding diaryl/α,β-unsaturated/α-hetero) is 4. The van der Waals surface area contributed by atoms with Crippen molar-refractivity contribution < 1.29 is 42.6 Å². The number of carbonyl (C=O) groups excluding carboxylic acids is 5. The quantitative estimate of drug-likeness (QED) is 0.225. The van der Waals surface area contributed by atoms with Crippen molar-refractivity contribution in [2.24, 2.45) is 29.4 Å². The van der Waals surface area contributed by atoms with Crippen LogP contribution in [0.15, 0.2) is 12.1 Å². The van der Waals surface area contributed by atoms with E-state index in [0.29, 0.717) is 24.0 Å². The van der Waals surface area contributed by atoms with Crippen LogP contribution in [-0.4, -0.2) is 91.1 Å². The van der Waals surface area contributed by atoms with E-state index in [4.69, 9.17) is 5.73 Å². The minimum atomic E-state index is -3.37. The number of likely N-dealkylation sites (N-methyl/N-ethyl adjacent to an activating group) is 1. The minimum Gasteiger partial charge on any atom is -0.507 e. The Hall–Kier alpha value is -3.00. The lowest BCUT2D eigenvalue weighted by Gasteiger charge is -2.52. The highest BCUT2D eigenvalue weighted by atomic mass is 32.2. The number of amides is 1. The van der Waals surface area contributed by atoms with Crippen LogP contribution in [0.1, 0.15) is 34.3 Å². The van der Waals surface area contributed by atoms with Gasteiger partial charge in [0.05, 0.1) is 23.8 Å². The van der Waals surface area contributed by atoms with Gasteiger partial charge in [0.1, 0.15) is 5.75 Å². The molecule has 0 aliphatic heterocycles. The molecule has 2 saturated carbocycles. The second-order valence-electron chi connectivity index (χ2n) is 10.7. The number of phenolic OH excluding ortho intramolecular Hbond substituents is 1. The van der Waals surface area contributed by atoms with Gasteiger partial charge < -0.3 is 15.9 Å². The lowest BCUT2D eigenvalue weighted by molar-refractivity contribution is -0.181. The molecular formula is C25H31N3O9S. The average Bonchev–Trinajstić information content (AvgIpc) is 2.79. The normalized spacial score (nSPS) is 31.1. The number of aliphatic hydroxyl groups is 1. The molecule has 1 amide bonds. The third kappa shape index (κ3) is 4.36. The molecule has 12 nitrogen and oxygen atoms in total. The van der Waals surface area contributed by atoms with Crippen molar-refractivity contribution in [3.63, 3.8) is 0 Å². The molecule has 4 rings (SSSR count). The summed E-state index contributed by atoms with van der Waals surface area (Å²) in [6.45, 7) is 0.165. The second kappa shape index (κ2) is 9.63. The van der Waals surface area contributed by atoms with E-state index in [1.54, 1.807) is 6.07 Å². The van der Waals surface area contributed by atoms with E-state index in [2.05, 4.69) is 4.72 Å². The summed E-state index contributed by atoms with van der Waals surface area (Å²) < 4.78 is 25.1. The molecule has 3 aliphatic rings. The number of aromatic hydroxyl groups is 1. The molecule has 0 bridgehead atoms. The van der Waals surface area contributed by atoms with E-state index >= 15 is 0 Å². The van der Waals surface area contributed by atoms with Gasteiger partial charge in [-0.2, -0.15) is 0 Å².